The molecule has 0 amide bonds. The van der Waals surface area contributed by atoms with Crippen molar-refractivity contribution in [3.63, 3.8) is 0 Å². The van der Waals surface area contributed by atoms with Gasteiger partial charge in [-0.25, -0.2) is 0 Å². The van der Waals surface area contributed by atoms with Gasteiger partial charge in [0.15, 0.2) is 11.6 Å². The first-order chi connectivity index (χ1) is 12.9. The van der Waals surface area contributed by atoms with E-state index in [1.165, 1.54) is 6.26 Å². The van der Waals surface area contributed by atoms with Crippen LogP contribution < -0.4 is 0 Å². The van der Waals surface area contributed by atoms with E-state index in [-0.39, 0.29) is 41.8 Å². The first kappa shape index (κ1) is 18.4. The highest BCUT2D eigenvalue weighted by Gasteiger charge is 2.64. The number of ether oxygens (including phenoxy) is 1. The third kappa shape index (κ3) is 2.67. The zero-order chi connectivity index (χ0) is 19.3. The van der Waals surface area contributed by atoms with Gasteiger partial charge < -0.3 is 19.4 Å². The summed E-state index contributed by atoms with van der Waals surface area (Å²) in [4.78, 5) is 36.3. The molecule has 4 rings (SSSR count). The molecule has 1 aromatic rings. The van der Waals surface area contributed by atoms with Gasteiger partial charge in [0, 0.05) is 30.1 Å². The summed E-state index contributed by atoms with van der Waals surface area (Å²) in [6, 6.07) is 1.70. The van der Waals surface area contributed by atoms with Crippen molar-refractivity contribution in [2.75, 3.05) is 13.2 Å². The molecule has 27 heavy (non-hydrogen) atoms. The van der Waals surface area contributed by atoms with Gasteiger partial charge in [-0.05, 0) is 24.8 Å². The number of hydrogen-bond acceptors (Lipinski definition) is 6. The second-order valence-corrected chi connectivity index (χ2v) is 8.21. The zero-order valence-electron chi connectivity index (χ0n) is 15.2. The molecule has 3 aliphatic rings. The van der Waals surface area contributed by atoms with Crippen LogP contribution in [0, 0.1) is 23.2 Å². The van der Waals surface area contributed by atoms with E-state index in [2.05, 4.69) is 0 Å². The number of hydrogen-bond donors (Lipinski definition) is 2. The number of carbonyl (C=O) groups is 3. The van der Waals surface area contributed by atoms with Gasteiger partial charge in [0.25, 0.3) is 0 Å². The minimum atomic E-state index is -0.896. The molecule has 2 N–H and O–H groups in total. The van der Waals surface area contributed by atoms with E-state index in [1.54, 1.807) is 13.0 Å². The van der Waals surface area contributed by atoms with Crippen LogP contribution in [0.25, 0.3) is 0 Å². The van der Waals surface area contributed by atoms with Gasteiger partial charge in [-0.3, -0.25) is 14.4 Å². The highest BCUT2D eigenvalue weighted by molar-refractivity contribution is 5.98. The van der Waals surface area contributed by atoms with Crippen LogP contribution in [0.15, 0.2) is 16.7 Å². The second kappa shape index (κ2) is 6.56. The molecule has 1 aromatic heterocycles. The summed E-state index contributed by atoms with van der Waals surface area (Å²) >= 11 is 0. The number of carboxylic acid groups (broad SMARTS) is 1. The molecule has 0 aromatic carbocycles. The Bertz CT molecular complexity index is 781. The van der Waals surface area contributed by atoms with Crippen LogP contribution in [0.1, 0.15) is 54.6 Å². The highest BCUT2D eigenvalue weighted by Crippen LogP contribution is 2.63. The summed E-state index contributed by atoms with van der Waals surface area (Å²) in [5.41, 5.74) is 0.0260. The highest BCUT2D eigenvalue weighted by atomic mass is 16.5. The van der Waals surface area contributed by atoms with E-state index in [1.807, 2.05) is 0 Å². The van der Waals surface area contributed by atoms with Crippen LogP contribution in [0.2, 0.25) is 0 Å². The Morgan fingerprint density at radius 1 is 1.41 bits per heavy atom. The summed E-state index contributed by atoms with van der Waals surface area (Å²) < 4.78 is 11.7. The second-order valence-electron chi connectivity index (χ2n) is 8.21. The topological polar surface area (TPSA) is 114 Å². The summed E-state index contributed by atoms with van der Waals surface area (Å²) in [6.07, 6.45) is 2.78. The monoisotopic (exact) mass is 376 g/mol. The predicted octanol–water partition coefficient (Wildman–Crippen LogP) is 2.03. The predicted molar refractivity (Wildman–Crippen MR) is 92.3 cm³/mol. The van der Waals surface area contributed by atoms with E-state index < -0.39 is 23.9 Å². The lowest BCUT2D eigenvalue weighted by molar-refractivity contribution is -0.147. The quantitative estimate of drug-likeness (QED) is 0.781. The lowest BCUT2D eigenvalue weighted by Gasteiger charge is -2.51. The Balaban J connectivity index is 1.76. The molecular formula is C20H24O7. The average molecular weight is 376 g/mol. The fourth-order valence-corrected chi connectivity index (χ4v) is 5.85. The molecule has 2 heterocycles. The maximum atomic E-state index is 12.7. The third-order valence-electron chi connectivity index (χ3n) is 7.05. The van der Waals surface area contributed by atoms with Crippen molar-refractivity contribution in [2.24, 2.45) is 23.2 Å². The molecule has 146 valence electrons. The average Bonchev–Trinajstić information content (AvgIpc) is 3.24. The van der Waals surface area contributed by atoms with Crippen molar-refractivity contribution in [3.05, 3.63) is 23.7 Å². The van der Waals surface area contributed by atoms with Crippen molar-refractivity contribution < 1.29 is 33.8 Å². The van der Waals surface area contributed by atoms with E-state index in [0.717, 1.165) is 0 Å². The van der Waals surface area contributed by atoms with Crippen LogP contribution >= 0.6 is 0 Å². The van der Waals surface area contributed by atoms with Gasteiger partial charge in [0.1, 0.15) is 12.4 Å². The van der Waals surface area contributed by atoms with Gasteiger partial charge in [-0.2, -0.15) is 0 Å². The first-order valence-electron chi connectivity index (χ1n) is 9.46. The number of aliphatic hydroxyl groups excluding tert-OH is 1. The first-order valence-corrected chi connectivity index (χ1v) is 9.46. The van der Waals surface area contributed by atoms with Gasteiger partial charge in [0.05, 0.1) is 30.5 Å². The van der Waals surface area contributed by atoms with E-state index in [0.29, 0.717) is 37.2 Å². The van der Waals surface area contributed by atoms with Crippen molar-refractivity contribution in [1.82, 2.24) is 0 Å². The molecule has 0 unspecified atom stereocenters. The van der Waals surface area contributed by atoms with Crippen molar-refractivity contribution >= 4 is 17.5 Å². The Hall–Kier alpha value is -1.99. The molecule has 1 saturated heterocycles. The largest absolute Gasteiger partial charge is 0.481 e. The van der Waals surface area contributed by atoms with Gasteiger partial charge >= 0.3 is 5.97 Å². The number of Topliss-reactive ketones (excluding diaryl/α,β-unsaturated/α-hetero) is 2. The zero-order valence-corrected chi connectivity index (χ0v) is 15.2. The van der Waals surface area contributed by atoms with Crippen molar-refractivity contribution in [1.29, 1.82) is 0 Å². The number of carbonyl (C=O) groups excluding carboxylic acids is 2. The molecule has 7 nitrogen and oxygen atoms in total. The molecule has 0 radical (unpaired) electrons. The lowest BCUT2D eigenvalue weighted by atomic mass is 9.50. The Kier molecular flexibility index (Phi) is 4.47. The van der Waals surface area contributed by atoms with Crippen LogP contribution in [0.3, 0.4) is 0 Å². The number of rotatable bonds is 6. The summed E-state index contributed by atoms with van der Waals surface area (Å²) in [7, 11) is 0. The fourth-order valence-electron chi connectivity index (χ4n) is 5.85. The van der Waals surface area contributed by atoms with E-state index >= 15 is 0 Å². The summed E-state index contributed by atoms with van der Waals surface area (Å²) in [5.74, 6) is -1.55. The van der Waals surface area contributed by atoms with Crippen molar-refractivity contribution in [3.8, 4) is 0 Å². The SMILES string of the molecule is C[C@@H](C(=O)O)[C@@H]1[C@H]2C[C@H]3c4occc4C(=O)C[C@H]3[C@]1(CCC(=O)CO)CO2. The smallest absolute Gasteiger partial charge is 0.306 e. The summed E-state index contributed by atoms with van der Waals surface area (Å²) in [5, 5.41) is 18.8. The standard InChI is InChI=1S/C20H24O7/c1-10(19(24)25)17-16-6-13-14(7-15(23)12-3-5-26-18(12)13)20(17,9-27-16)4-2-11(22)8-21/h3,5,10,13-14,16-17,21H,2,4,6-9H2,1H3,(H,24,25)/t10-,13-,14-,16-,17-,20+/m1/s1. The number of fused-ring (bicyclic) bond motifs is 6. The maximum absolute atomic E-state index is 12.7. The Labute approximate surface area is 156 Å². The number of ketones is 2. The van der Waals surface area contributed by atoms with Crippen LogP contribution in [0.4, 0.5) is 0 Å². The minimum absolute atomic E-state index is 0.0000576. The van der Waals surface area contributed by atoms with Gasteiger partial charge in [0.2, 0.25) is 0 Å². The molecule has 1 saturated carbocycles. The fraction of sp³-hybridized carbons (Fsp3) is 0.650. The Morgan fingerprint density at radius 3 is 2.89 bits per heavy atom. The van der Waals surface area contributed by atoms with Crippen LogP contribution in [-0.2, 0) is 14.3 Å². The summed E-state index contributed by atoms with van der Waals surface area (Å²) in [6.45, 7) is 1.48. The number of carboxylic acids is 1. The lowest BCUT2D eigenvalue weighted by Crippen LogP contribution is -2.52. The third-order valence-corrected chi connectivity index (χ3v) is 7.05. The van der Waals surface area contributed by atoms with Crippen LogP contribution in [0.5, 0.6) is 0 Å². The molecule has 1 aliphatic heterocycles. The molecular weight excluding hydrogens is 352 g/mol. The van der Waals surface area contributed by atoms with E-state index in [9.17, 15) is 19.5 Å². The molecule has 0 spiro atoms. The number of furan rings is 1. The van der Waals surface area contributed by atoms with E-state index in [4.69, 9.17) is 14.3 Å². The Morgan fingerprint density at radius 2 is 2.19 bits per heavy atom. The van der Waals surface area contributed by atoms with Gasteiger partial charge in [-0.15, -0.1) is 0 Å². The molecule has 2 fully saturated rings. The molecule has 2 bridgehead atoms. The molecule has 2 aliphatic carbocycles. The van der Waals surface area contributed by atoms with Crippen molar-refractivity contribution in [2.45, 2.75) is 44.6 Å². The molecule has 6 atom stereocenters. The normalized spacial score (nSPS) is 35.4. The number of aliphatic hydroxyl groups is 1. The minimum Gasteiger partial charge on any atom is -0.481 e. The molecule has 7 heteroatoms. The van der Waals surface area contributed by atoms with Gasteiger partial charge in [-0.1, -0.05) is 6.92 Å². The maximum Gasteiger partial charge on any atom is 0.306 e. The number of aliphatic carboxylic acids is 1. The van der Waals surface area contributed by atoms with Crippen LogP contribution in [-0.4, -0.2) is 47.1 Å².